The van der Waals surface area contributed by atoms with Crippen molar-refractivity contribution >= 4 is 0 Å². The maximum Gasteiger partial charge on any atom is 0.00963 e. The van der Waals surface area contributed by atoms with E-state index in [0.29, 0.717) is 0 Å². The van der Waals surface area contributed by atoms with Crippen LogP contribution < -0.4 is 10.6 Å². The summed E-state index contributed by atoms with van der Waals surface area (Å²) in [5.74, 6) is 1.90. The van der Waals surface area contributed by atoms with E-state index in [2.05, 4.69) is 17.6 Å². The SMILES string of the molecule is CC1CC1NCCC1CCNC1. The topological polar surface area (TPSA) is 24.1 Å². The van der Waals surface area contributed by atoms with Crippen molar-refractivity contribution in [3.63, 3.8) is 0 Å². The lowest BCUT2D eigenvalue weighted by atomic mass is 10.1. The normalized spacial score (nSPS) is 40.2. The molecule has 1 saturated carbocycles. The molecule has 12 heavy (non-hydrogen) atoms. The smallest absolute Gasteiger partial charge is 0.00963 e. The molecule has 2 fully saturated rings. The van der Waals surface area contributed by atoms with Crippen LogP contribution in [0.15, 0.2) is 0 Å². The first-order chi connectivity index (χ1) is 5.86. The van der Waals surface area contributed by atoms with Crippen LogP contribution in [0.25, 0.3) is 0 Å². The highest BCUT2D eigenvalue weighted by Gasteiger charge is 2.31. The minimum Gasteiger partial charge on any atom is -0.316 e. The fourth-order valence-corrected chi connectivity index (χ4v) is 2.04. The summed E-state index contributed by atoms with van der Waals surface area (Å²) in [7, 11) is 0. The summed E-state index contributed by atoms with van der Waals surface area (Å²) in [6.07, 6.45) is 4.17. The largest absolute Gasteiger partial charge is 0.316 e. The third kappa shape index (κ3) is 2.20. The summed E-state index contributed by atoms with van der Waals surface area (Å²) < 4.78 is 0. The van der Waals surface area contributed by atoms with Crippen molar-refractivity contribution in [2.75, 3.05) is 19.6 Å². The summed E-state index contributed by atoms with van der Waals surface area (Å²) in [5, 5.41) is 7.01. The van der Waals surface area contributed by atoms with Gasteiger partial charge in [-0.3, -0.25) is 0 Å². The van der Waals surface area contributed by atoms with Crippen LogP contribution in [0.5, 0.6) is 0 Å². The molecule has 1 saturated heterocycles. The minimum atomic E-state index is 0.861. The van der Waals surface area contributed by atoms with E-state index in [1.54, 1.807) is 0 Å². The van der Waals surface area contributed by atoms with Crippen molar-refractivity contribution in [3.05, 3.63) is 0 Å². The van der Waals surface area contributed by atoms with Gasteiger partial charge >= 0.3 is 0 Å². The molecule has 0 radical (unpaired) electrons. The maximum atomic E-state index is 3.61. The quantitative estimate of drug-likeness (QED) is 0.654. The molecule has 2 aliphatic rings. The van der Waals surface area contributed by atoms with Gasteiger partial charge in [0.05, 0.1) is 0 Å². The second-order valence-electron chi connectivity index (χ2n) is 4.42. The Hall–Kier alpha value is -0.0800. The highest BCUT2D eigenvalue weighted by molar-refractivity contribution is 4.89. The zero-order chi connectivity index (χ0) is 8.39. The third-order valence-corrected chi connectivity index (χ3v) is 3.23. The van der Waals surface area contributed by atoms with E-state index in [1.807, 2.05) is 0 Å². The van der Waals surface area contributed by atoms with Gasteiger partial charge in [0.1, 0.15) is 0 Å². The van der Waals surface area contributed by atoms with Crippen LogP contribution in [-0.2, 0) is 0 Å². The lowest BCUT2D eigenvalue weighted by molar-refractivity contribution is 0.494. The summed E-state index contributed by atoms with van der Waals surface area (Å²) >= 11 is 0. The first-order valence-corrected chi connectivity index (χ1v) is 5.30. The number of rotatable bonds is 4. The fraction of sp³-hybridized carbons (Fsp3) is 1.00. The molecule has 2 rings (SSSR count). The van der Waals surface area contributed by atoms with E-state index in [-0.39, 0.29) is 0 Å². The Balaban J connectivity index is 1.51. The molecule has 0 aromatic rings. The predicted molar refractivity (Wildman–Crippen MR) is 51.2 cm³/mol. The minimum absolute atomic E-state index is 0.861. The van der Waals surface area contributed by atoms with Crippen molar-refractivity contribution in [1.29, 1.82) is 0 Å². The second kappa shape index (κ2) is 3.75. The third-order valence-electron chi connectivity index (χ3n) is 3.23. The molecule has 1 heterocycles. The van der Waals surface area contributed by atoms with Gasteiger partial charge in [0.15, 0.2) is 0 Å². The molecule has 0 aromatic carbocycles. The van der Waals surface area contributed by atoms with Crippen LogP contribution in [-0.4, -0.2) is 25.7 Å². The number of hydrogen-bond donors (Lipinski definition) is 2. The van der Waals surface area contributed by atoms with Gasteiger partial charge in [0.2, 0.25) is 0 Å². The van der Waals surface area contributed by atoms with Gasteiger partial charge in [-0.1, -0.05) is 6.92 Å². The Kier molecular flexibility index (Phi) is 2.66. The molecule has 0 spiro atoms. The van der Waals surface area contributed by atoms with Gasteiger partial charge < -0.3 is 10.6 Å². The summed E-state index contributed by atoms with van der Waals surface area (Å²) in [6.45, 7) is 6.06. The van der Waals surface area contributed by atoms with Crippen LogP contribution >= 0.6 is 0 Å². The van der Waals surface area contributed by atoms with Crippen LogP contribution in [0.4, 0.5) is 0 Å². The average molecular weight is 168 g/mol. The van der Waals surface area contributed by atoms with E-state index >= 15 is 0 Å². The molecule has 2 heteroatoms. The zero-order valence-electron chi connectivity index (χ0n) is 7.97. The summed E-state index contributed by atoms with van der Waals surface area (Å²) in [6, 6.07) is 0.861. The van der Waals surface area contributed by atoms with E-state index in [1.165, 1.54) is 38.9 Å². The van der Waals surface area contributed by atoms with Gasteiger partial charge in [0.25, 0.3) is 0 Å². The summed E-state index contributed by atoms with van der Waals surface area (Å²) in [5.41, 5.74) is 0. The highest BCUT2D eigenvalue weighted by Crippen LogP contribution is 2.28. The lowest BCUT2D eigenvalue weighted by Crippen LogP contribution is -2.22. The molecule has 3 atom stereocenters. The molecular weight excluding hydrogens is 148 g/mol. The molecule has 0 aromatic heterocycles. The predicted octanol–water partition coefficient (Wildman–Crippen LogP) is 0.984. The van der Waals surface area contributed by atoms with Crippen molar-refractivity contribution < 1.29 is 0 Å². The first kappa shape index (κ1) is 8.52. The van der Waals surface area contributed by atoms with E-state index in [0.717, 1.165) is 17.9 Å². The molecule has 2 nitrogen and oxygen atoms in total. The van der Waals surface area contributed by atoms with E-state index < -0.39 is 0 Å². The van der Waals surface area contributed by atoms with Gasteiger partial charge in [-0.05, 0) is 50.7 Å². The fourth-order valence-electron chi connectivity index (χ4n) is 2.04. The summed E-state index contributed by atoms with van der Waals surface area (Å²) in [4.78, 5) is 0. The number of hydrogen-bond acceptors (Lipinski definition) is 2. The average Bonchev–Trinajstić information content (AvgIpc) is 2.58. The van der Waals surface area contributed by atoms with Crippen molar-refractivity contribution in [2.45, 2.75) is 32.2 Å². The maximum absolute atomic E-state index is 3.61. The van der Waals surface area contributed by atoms with Gasteiger partial charge in [-0.2, -0.15) is 0 Å². The monoisotopic (exact) mass is 168 g/mol. The van der Waals surface area contributed by atoms with Crippen LogP contribution in [0, 0.1) is 11.8 Å². The zero-order valence-corrected chi connectivity index (χ0v) is 7.97. The van der Waals surface area contributed by atoms with E-state index in [4.69, 9.17) is 0 Å². The first-order valence-electron chi connectivity index (χ1n) is 5.30. The second-order valence-corrected chi connectivity index (χ2v) is 4.42. The highest BCUT2D eigenvalue weighted by atomic mass is 15.0. The molecule has 1 aliphatic carbocycles. The van der Waals surface area contributed by atoms with Crippen LogP contribution in [0.1, 0.15) is 26.2 Å². The molecule has 2 N–H and O–H groups in total. The molecule has 1 aliphatic heterocycles. The van der Waals surface area contributed by atoms with Gasteiger partial charge in [-0.15, -0.1) is 0 Å². The van der Waals surface area contributed by atoms with Crippen LogP contribution in [0.2, 0.25) is 0 Å². The molecule has 3 unspecified atom stereocenters. The van der Waals surface area contributed by atoms with Crippen molar-refractivity contribution in [1.82, 2.24) is 10.6 Å². The van der Waals surface area contributed by atoms with Gasteiger partial charge in [0, 0.05) is 6.04 Å². The molecular formula is C10H20N2. The van der Waals surface area contributed by atoms with Gasteiger partial charge in [-0.25, -0.2) is 0 Å². The van der Waals surface area contributed by atoms with Crippen molar-refractivity contribution in [3.8, 4) is 0 Å². The number of nitrogens with one attached hydrogen (secondary N) is 2. The van der Waals surface area contributed by atoms with Crippen LogP contribution in [0.3, 0.4) is 0 Å². The Labute approximate surface area is 75.1 Å². The lowest BCUT2D eigenvalue weighted by Gasteiger charge is -2.08. The molecule has 0 bridgehead atoms. The Morgan fingerprint density at radius 1 is 1.50 bits per heavy atom. The van der Waals surface area contributed by atoms with E-state index in [9.17, 15) is 0 Å². The van der Waals surface area contributed by atoms with Crippen molar-refractivity contribution in [2.24, 2.45) is 11.8 Å². The Morgan fingerprint density at radius 2 is 2.33 bits per heavy atom. The molecule has 0 amide bonds. The standard InChI is InChI=1S/C10H20N2/c1-8-6-10(8)12-5-3-9-2-4-11-7-9/h8-12H,2-7H2,1H3. The Morgan fingerprint density at radius 3 is 2.92 bits per heavy atom. The molecule has 70 valence electrons. The Bertz CT molecular complexity index is 141.